The number of amides is 2. The van der Waals surface area contributed by atoms with E-state index in [1.807, 2.05) is 44.4 Å². The first-order valence-corrected chi connectivity index (χ1v) is 12.0. The van der Waals surface area contributed by atoms with Crippen molar-refractivity contribution in [1.29, 1.82) is 0 Å². The number of carbonyl (C=O) groups is 2. The highest BCUT2D eigenvalue weighted by atomic mass is 16.5. The normalized spacial score (nSPS) is 17.9. The number of hydrogen-bond acceptors (Lipinski definition) is 6. The minimum Gasteiger partial charge on any atom is -0.492 e. The molecule has 0 bridgehead atoms. The van der Waals surface area contributed by atoms with Gasteiger partial charge in [0.2, 0.25) is 0 Å². The van der Waals surface area contributed by atoms with E-state index in [0.717, 1.165) is 37.1 Å². The van der Waals surface area contributed by atoms with Gasteiger partial charge in [-0.25, -0.2) is 0 Å². The van der Waals surface area contributed by atoms with Gasteiger partial charge in [0.25, 0.3) is 0 Å². The van der Waals surface area contributed by atoms with Crippen molar-refractivity contribution in [3.05, 3.63) is 48.9 Å². The first-order chi connectivity index (χ1) is 16.8. The maximum Gasteiger partial charge on any atom is 0.314 e. The Bertz CT molecular complexity index is 1070. The molecule has 1 aliphatic rings. The third-order valence-corrected chi connectivity index (χ3v) is 5.85. The van der Waals surface area contributed by atoms with Crippen LogP contribution >= 0.6 is 0 Å². The highest BCUT2D eigenvalue weighted by Crippen LogP contribution is 2.22. The van der Waals surface area contributed by atoms with Gasteiger partial charge in [0.15, 0.2) is 0 Å². The molecular weight excluding hydrogens is 444 g/mol. The number of anilines is 1. The molecule has 188 valence electrons. The van der Waals surface area contributed by atoms with Crippen LogP contribution in [0.5, 0.6) is 5.75 Å². The van der Waals surface area contributed by atoms with Gasteiger partial charge < -0.3 is 19.9 Å². The molecular formula is C26H36N6O3. The van der Waals surface area contributed by atoms with Gasteiger partial charge in [0, 0.05) is 31.2 Å². The number of nitrogens with one attached hydrogen (secondary N) is 2. The monoisotopic (exact) mass is 480 g/mol. The van der Waals surface area contributed by atoms with Gasteiger partial charge in [-0.15, -0.1) is 0 Å². The summed E-state index contributed by atoms with van der Waals surface area (Å²) in [5.41, 5.74) is 1.13. The topological polar surface area (TPSA) is 103 Å². The number of ether oxygens (including phenoxy) is 1. The SMILES string of the molecule is CC1CCC(C)CN(C(=O)C(=O)Nc2cncc3cn[nH]c23)C1.CN(C)CCOc1ccccc1. The number of para-hydroxylation sites is 1. The van der Waals surface area contributed by atoms with E-state index in [-0.39, 0.29) is 0 Å². The van der Waals surface area contributed by atoms with Crippen LogP contribution < -0.4 is 10.1 Å². The Kier molecular flexibility index (Phi) is 9.60. The Balaban J connectivity index is 0.000000241. The van der Waals surface area contributed by atoms with Crippen LogP contribution in [-0.4, -0.2) is 77.1 Å². The van der Waals surface area contributed by atoms with E-state index in [1.165, 1.54) is 6.20 Å². The molecule has 35 heavy (non-hydrogen) atoms. The van der Waals surface area contributed by atoms with Gasteiger partial charge in [-0.1, -0.05) is 32.0 Å². The number of fused-ring (bicyclic) bond motifs is 1. The molecule has 2 N–H and O–H groups in total. The Morgan fingerprint density at radius 1 is 1.09 bits per heavy atom. The minimum atomic E-state index is -0.629. The molecule has 0 aliphatic carbocycles. The molecule has 1 aliphatic heterocycles. The standard InChI is InChI=1S/C16H21N5O2.C10H15NO/c1-10-3-4-11(2)9-21(8-10)16(23)15(22)19-13-7-17-5-12-6-18-20-14(12)13;1-11(2)8-9-12-10-6-4-3-5-7-10/h5-7,10-11H,3-4,8-9H2,1-2H3,(H,18,20)(H,19,22);3-7H,8-9H2,1-2H3. The Morgan fingerprint density at radius 3 is 2.43 bits per heavy atom. The summed E-state index contributed by atoms with van der Waals surface area (Å²) in [4.78, 5) is 32.6. The van der Waals surface area contributed by atoms with Crippen LogP contribution in [0.4, 0.5) is 5.69 Å². The van der Waals surface area contributed by atoms with E-state index in [4.69, 9.17) is 4.74 Å². The number of aromatic nitrogens is 3. The summed E-state index contributed by atoms with van der Waals surface area (Å²) < 4.78 is 5.48. The van der Waals surface area contributed by atoms with Crippen molar-refractivity contribution in [2.75, 3.05) is 45.7 Å². The molecule has 3 aromatic rings. The van der Waals surface area contributed by atoms with Crippen LogP contribution in [0.15, 0.2) is 48.9 Å². The summed E-state index contributed by atoms with van der Waals surface area (Å²) in [5, 5.41) is 10.2. The minimum absolute atomic E-state index is 0.411. The summed E-state index contributed by atoms with van der Waals surface area (Å²) in [6.07, 6.45) is 6.96. The second-order valence-corrected chi connectivity index (χ2v) is 9.44. The van der Waals surface area contributed by atoms with Crippen molar-refractivity contribution in [3.8, 4) is 5.75 Å². The lowest BCUT2D eigenvalue weighted by atomic mass is 10.0. The smallest absolute Gasteiger partial charge is 0.314 e. The molecule has 2 atom stereocenters. The van der Waals surface area contributed by atoms with Crippen LogP contribution in [0.3, 0.4) is 0 Å². The van der Waals surface area contributed by atoms with E-state index >= 15 is 0 Å². The van der Waals surface area contributed by atoms with E-state index in [1.54, 1.807) is 17.3 Å². The van der Waals surface area contributed by atoms with E-state index in [9.17, 15) is 9.59 Å². The van der Waals surface area contributed by atoms with Crippen LogP contribution in [0.25, 0.3) is 10.9 Å². The number of benzene rings is 1. The quantitative estimate of drug-likeness (QED) is 0.543. The van der Waals surface area contributed by atoms with Gasteiger partial charge >= 0.3 is 11.8 Å². The lowest BCUT2D eigenvalue weighted by Crippen LogP contribution is -2.42. The van der Waals surface area contributed by atoms with E-state index in [0.29, 0.717) is 36.1 Å². The largest absolute Gasteiger partial charge is 0.492 e. The summed E-state index contributed by atoms with van der Waals surface area (Å²) in [6, 6.07) is 9.88. The zero-order valence-corrected chi connectivity index (χ0v) is 21.0. The average Bonchev–Trinajstić information content (AvgIpc) is 3.26. The molecule has 9 heteroatoms. The summed E-state index contributed by atoms with van der Waals surface area (Å²) in [6.45, 7) is 7.19. The molecule has 1 aromatic carbocycles. The highest BCUT2D eigenvalue weighted by Gasteiger charge is 2.27. The summed E-state index contributed by atoms with van der Waals surface area (Å²) in [5.74, 6) is 0.653. The molecule has 9 nitrogen and oxygen atoms in total. The predicted octanol–water partition coefficient (Wildman–Crippen LogP) is 3.42. The van der Waals surface area contributed by atoms with Crippen molar-refractivity contribution >= 4 is 28.4 Å². The van der Waals surface area contributed by atoms with Gasteiger partial charge in [0.1, 0.15) is 12.4 Å². The zero-order valence-electron chi connectivity index (χ0n) is 21.0. The molecule has 0 saturated carbocycles. The average molecular weight is 481 g/mol. The third-order valence-electron chi connectivity index (χ3n) is 5.85. The van der Waals surface area contributed by atoms with Crippen LogP contribution in [0.1, 0.15) is 26.7 Å². The number of likely N-dealkylation sites (N-methyl/N-ethyl adjacent to an activating group) is 1. The zero-order chi connectivity index (χ0) is 25.2. The Morgan fingerprint density at radius 2 is 1.77 bits per heavy atom. The number of carbonyl (C=O) groups excluding carboxylic acids is 2. The number of nitrogens with zero attached hydrogens (tertiary/aromatic N) is 4. The van der Waals surface area contributed by atoms with Crippen molar-refractivity contribution in [1.82, 2.24) is 25.0 Å². The van der Waals surface area contributed by atoms with Crippen molar-refractivity contribution in [2.45, 2.75) is 26.7 Å². The predicted molar refractivity (Wildman–Crippen MR) is 137 cm³/mol. The van der Waals surface area contributed by atoms with Gasteiger partial charge in [-0.3, -0.25) is 19.7 Å². The highest BCUT2D eigenvalue weighted by molar-refractivity contribution is 6.40. The fourth-order valence-electron chi connectivity index (χ4n) is 3.89. The first kappa shape index (κ1) is 26.2. The van der Waals surface area contributed by atoms with Crippen LogP contribution in [-0.2, 0) is 9.59 Å². The van der Waals surface area contributed by atoms with E-state index < -0.39 is 11.8 Å². The molecule has 2 aromatic heterocycles. The van der Waals surface area contributed by atoms with Crippen LogP contribution in [0, 0.1) is 11.8 Å². The molecule has 2 unspecified atom stereocenters. The molecule has 1 fully saturated rings. The second-order valence-electron chi connectivity index (χ2n) is 9.44. The van der Waals surface area contributed by atoms with Crippen LogP contribution in [0.2, 0.25) is 0 Å². The number of aromatic amines is 1. The van der Waals surface area contributed by atoms with Gasteiger partial charge in [0.05, 0.1) is 23.6 Å². The third kappa shape index (κ3) is 8.06. The fourth-order valence-corrected chi connectivity index (χ4v) is 3.89. The van der Waals surface area contributed by atoms with E-state index in [2.05, 4.69) is 39.2 Å². The molecule has 0 spiro atoms. The lowest BCUT2D eigenvalue weighted by Gasteiger charge is -2.23. The first-order valence-electron chi connectivity index (χ1n) is 12.0. The Labute approximate surface area is 206 Å². The maximum atomic E-state index is 12.5. The second kappa shape index (κ2) is 12.9. The van der Waals surface area contributed by atoms with Crippen molar-refractivity contribution in [3.63, 3.8) is 0 Å². The lowest BCUT2D eigenvalue weighted by molar-refractivity contribution is -0.143. The van der Waals surface area contributed by atoms with Gasteiger partial charge in [-0.05, 0) is 50.9 Å². The molecule has 4 rings (SSSR count). The molecule has 2 amide bonds. The number of H-pyrrole nitrogens is 1. The molecule has 0 radical (unpaired) electrons. The summed E-state index contributed by atoms with van der Waals surface area (Å²) >= 11 is 0. The number of hydrogen-bond donors (Lipinski definition) is 2. The molecule has 3 heterocycles. The summed E-state index contributed by atoms with van der Waals surface area (Å²) in [7, 11) is 4.07. The number of rotatable bonds is 5. The maximum absolute atomic E-state index is 12.5. The fraction of sp³-hybridized carbons (Fsp3) is 0.462. The van der Waals surface area contributed by atoms with Gasteiger partial charge in [-0.2, -0.15) is 5.10 Å². The number of pyridine rings is 1. The Hall–Kier alpha value is -3.46. The van der Waals surface area contributed by atoms with Crippen molar-refractivity contribution < 1.29 is 14.3 Å². The molecule has 1 saturated heterocycles. The number of likely N-dealkylation sites (tertiary alicyclic amines) is 1. The van der Waals surface area contributed by atoms with Crippen molar-refractivity contribution in [2.24, 2.45) is 11.8 Å².